The molecule has 0 spiro atoms. The van der Waals surface area contributed by atoms with Crippen LogP contribution >= 0.6 is 0 Å². The lowest BCUT2D eigenvalue weighted by atomic mass is 9.92. The van der Waals surface area contributed by atoms with Gasteiger partial charge in [0.25, 0.3) is 0 Å². The van der Waals surface area contributed by atoms with Crippen molar-refractivity contribution in [3.8, 4) is 0 Å². The van der Waals surface area contributed by atoms with Gasteiger partial charge in [0.05, 0.1) is 5.92 Å². The lowest BCUT2D eigenvalue weighted by molar-refractivity contribution is -0.123. The predicted molar refractivity (Wildman–Crippen MR) is 67.0 cm³/mol. The first kappa shape index (κ1) is 12.6. The number of hydrogen-bond acceptors (Lipinski definition) is 3. The highest BCUT2D eigenvalue weighted by Gasteiger charge is 2.28. The van der Waals surface area contributed by atoms with E-state index in [0.29, 0.717) is 12.4 Å². The zero-order valence-corrected chi connectivity index (χ0v) is 10.8. The van der Waals surface area contributed by atoms with Crippen molar-refractivity contribution in [2.45, 2.75) is 32.6 Å². The molecule has 1 atom stereocenters. The molecule has 2 rings (SSSR count). The minimum atomic E-state index is -0.299. The molecule has 3 N–H and O–H groups in total. The molecule has 0 aliphatic carbocycles. The Morgan fingerprint density at radius 3 is 2.72 bits per heavy atom. The summed E-state index contributed by atoms with van der Waals surface area (Å²) in [6.45, 7) is 6.59. The highest BCUT2D eigenvalue weighted by atomic mass is 16.2. The van der Waals surface area contributed by atoms with E-state index >= 15 is 0 Å². The number of carbonyl (C=O) groups is 2. The van der Waals surface area contributed by atoms with Gasteiger partial charge in [-0.2, -0.15) is 5.10 Å². The molecule has 6 nitrogen and oxygen atoms in total. The Morgan fingerprint density at radius 2 is 2.22 bits per heavy atom. The maximum atomic E-state index is 11.9. The van der Waals surface area contributed by atoms with Crippen LogP contribution in [0.15, 0.2) is 6.07 Å². The fraction of sp³-hybridized carbons (Fsp3) is 0.583. The summed E-state index contributed by atoms with van der Waals surface area (Å²) in [5.74, 6) is -0.0376. The first-order valence-corrected chi connectivity index (χ1v) is 6.00. The topological polar surface area (TPSA) is 86.9 Å². The fourth-order valence-corrected chi connectivity index (χ4v) is 1.79. The van der Waals surface area contributed by atoms with Crippen LogP contribution in [0.4, 0.5) is 5.82 Å². The van der Waals surface area contributed by atoms with E-state index < -0.39 is 0 Å². The Balaban J connectivity index is 1.99. The number of aromatic nitrogens is 2. The average Bonchev–Trinajstić information content (AvgIpc) is 2.85. The molecular weight excluding hydrogens is 232 g/mol. The number of aromatic amines is 1. The van der Waals surface area contributed by atoms with Crippen LogP contribution in [-0.2, 0) is 15.0 Å². The number of amides is 2. The lowest BCUT2D eigenvalue weighted by Gasteiger charge is -2.14. The number of H-pyrrole nitrogens is 1. The summed E-state index contributed by atoms with van der Waals surface area (Å²) in [4.78, 5) is 22.9. The number of hydrogen-bond donors (Lipinski definition) is 3. The summed E-state index contributed by atoms with van der Waals surface area (Å²) in [6, 6.07) is 1.82. The molecule has 0 aromatic carbocycles. The van der Waals surface area contributed by atoms with Gasteiger partial charge in [0.15, 0.2) is 5.82 Å². The van der Waals surface area contributed by atoms with Gasteiger partial charge in [0.1, 0.15) is 0 Å². The van der Waals surface area contributed by atoms with Crippen LogP contribution in [0.1, 0.15) is 32.9 Å². The highest BCUT2D eigenvalue weighted by molar-refractivity contribution is 5.96. The van der Waals surface area contributed by atoms with Gasteiger partial charge in [-0.15, -0.1) is 0 Å². The Labute approximate surface area is 106 Å². The number of rotatable bonds is 2. The van der Waals surface area contributed by atoms with Crippen molar-refractivity contribution >= 4 is 17.6 Å². The molecule has 18 heavy (non-hydrogen) atoms. The van der Waals surface area contributed by atoms with Crippen LogP contribution in [0.25, 0.3) is 0 Å². The molecular formula is C12H18N4O2. The zero-order chi connectivity index (χ0) is 13.3. The van der Waals surface area contributed by atoms with E-state index in [0.717, 1.165) is 5.69 Å². The molecule has 98 valence electrons. The third kappa shape index (κ3) is 2.69. The number of carbonyl (C=O) groups excluding carboxylic acids is 2. The van der Waals surface area contributed by atoms with Gasteiger partial charge in [-0.3, -0.25) is 14.7 Å². The van der Waals surface area contributed by atoms with Gasteiger partial charge in [0, 0.05) is 30.1 Å². The maximum absolute atomic E-state index is 11.9. The summed E-state index contributed by atoms with van der Waals surface area (Å²) < 4.78 is 0. The second-order valence-electron chi connectivity index (χ2n) is 5.61. The molecule has 1 aromatic rings. The van der Waals surface area contributed by atoms with Gasteiger partial charge in [-0.1, -0.05) is 20.8 Å². The molecule has 0 bridgehead atoms. The largest absolute Gasteiger partial charge is 0.355 e. The number of nitrogens with one attached hydrogen (secondary N) is 3. The molecule has 2 amide bonds. The second-order valence-corrected chi connectivity index (χ2v) is 5.61. The Bertz CT molecular complexity index is 473. The molecule has 2 heterocycles. The van der Waals surface area contributed by atoms with Gasteiger partial charge in [-0.25, -0.2) is 0 Å². The van der Waals surface area contributed by atoms with Crippen molar-refractivity contribution in [1.29, 1.82) is 0 Å². The van der Waals surface area contributed by atoms with Crippen LogP contribution in [0.3, 0.4) is 0 Å². The second kappa shape index (κ2) is 4.44. The van der Waals surface area contributed by atoms with Crippen LogP contribution in [-0.4, -0.2) is 28.6 Å². The summed E-state index contributed by atoms with van der Waals surface area (Å²) >= 11 is 0. The van der Waals surface area contributed by atoms with Crippen molar-refractivity contribution in [2.75, 3.05) is 11.9 Å². The molecule has 1 aromatic heterocycles. The molecule has 1 aliphatic heterocycles. The van der Waals surface area contributed by atoms with Crippen molar-refractivity contribution < 1.29 is 9.59 Å². The standard InChI is InChI=1S/C12H18N4O2/c1-12(2,3)8-5-9(16-15-8)14-11(18)7-4-10(17)13-6-7/h5,7H,4,6H2,1-3H3,(H,13,17)(H2,14,15,16,18). The van der Waals surface area contributed by atoms with Crippen LogP contribution in [0, 0.1) is 5.92 Å². The van der Waals surface area contributed by atoms with Gasteiger partial charge in [0.2, 0.25) is 11.8 Å². The minimum Gasteiger partial charge on any atom is -0.355 e. The van der Waals surface area contributed by atoms with Crippen LogP contribution in [0.2, 0.25) is 0 Å². The summed E-state index contributed by atoms with van der Waals surface area (Å²) in [7, 11) is 0. The van der Waals surface area contributed by atoms with E-state index in [1.807, 2.05) is 6.07 Å². The highest BCUT2D eigenvalue weighted by Crippen LogP contribution is 2.22. The smallest absolute Gasteiger partial charge is 0.230 e. The van der Waals surface area contributed by atoms with Crippen molar-refractivity contribution in [3.05, 3.63) is 11.8 Å². The molecule has 6 heteroatoms. The average molecular weight is 250 g/mol. The van der Waals surface area contributed by atoms with Crippen molar-refractivity contribution in [3.63, 3.8) is 0 Å². The van der Waals surface area contributed by atoms with E-state index in [-0.39, 0.29) is 29.6 Å². The maximum Gasteiger partial charge on any atom is 0.230 e. The van der Waals surface area contributed by atoms with E-state index in [4.69, 9.17) is 0 Å². The SMILES string of the molecule is CC(C)(C)c1cc(NC(=O)C2CNC(=O)C2)n[nH]1. The monoisotopic (exact) mass is 250 g/mol. The van der Waals surface area contributed by atoms with E-state index in [2.05, 4.69) is 41.6 Å². The number of nitrogens with zero attached hydrogens (tertiary/aromatic N) is 1. The van der Waals surface area contributed by atoms with Gasteiger partial charge < -0.3 is 10.6 Å². The summed E-state index contributed by atoms with van der Waals surface area (Å²) in [5, 5.41) is 12.3. The van der Waals surface area contributed by atoms with E-state index in [1.165, 1.54) is 0 Å². The predicted octanol–water partition coefficient (Wildman–Crippen LogP) is 0.782. The molecule has 1 fully saturated rings. The van der Waals surface area contributed by atoms with Gasteiger partial charge in [-0.05, 0) is 0 Å². The fourth-order valence-electron chi connectivity index (χ4n) is 1.79. The Hall–Kier alpha value is -1.85. The summed E-state index contributed by atoms with van der Waals surface area (Å²) in [5.41, 5.74) is 0.916. The third-order valence-electron chi connectivity index (χ3n) is 2.99. The van der Waals surface area contributed by atoms with E-state index in [1.54, 1.807) is 0 Å². The number of anilines is 1. The van der Waals surface area contributed by atoms with Crippen LogP contribution < -0.4 is 10.6 Å². The normalized spacial score (nSPS) is 19.7. The van der Waals surface area contributed by atoms with E-state index in [9.17, 15) is 9.59 Å². The lowest BCUT2D eigenvalue weighted by Crippen LogP contribution is -2.24. The molecule has 0 saturated carbocycles. The van der Waals surface area contributed by atoms with Crippen molar-refractivity contribution in [1.82, 2.24) is 15.5 Å². The van der Waals surface area contributed by atoms with Crippen LogP contribution in [0.5, 0.6) is 0 Å². The third-order valence-corrected chi connectivity index (χ3v) is 2.99. The minimum absolute atomic E-state index is 0.0408. The Morgan fingerprint density at radius 1 is 1.50 bits per heavy atom. The molecule has 1 unspecified atom stereocenters. The van der Waals surface area contributed by atoms with Crippen molar-refractivity contribution in [2.24, 2.45) is 5.92 Å². The zero-order valence-electron chi connectivity index (χ0n) is 10.8. The molecule has 0 radical (unpaired) electrons. The first-order valence-electron chi connectivity index (χ1n) is 6.00. The molecule has 1 aliphatic rings. The quantitative estimate of drug-likeness (QED) is 0.725. The summed E-state index contributed by atoms with van der Waals surface area (Å²) in [6.07, 6.45) is 0.252. The Kier molecular flexibility index (Phi) is 3.11. The molecule has 1 saturated heterocycles. The van der Waals surface area contributed by atoms with Gasteiger partial charge >= 0.3 is 0 Å². The first-order chi connectivity index (χ1) is 8.36.